The van der Waals surface area contributed by atoms with Crippen LogP contribution in [0, 0.1) is 11.8 Å². The summed E-state index contributed by atoms with van der Waals surface area (Å²) in [5.41, 5.74) is 1.65. The summed E-state index contributed by atoms with van der Waals surface area (Å²) in [6, 6.07) is 7.53. The third kappa shape index (κ3) is 4.83. The molecule has 0 saturated heterocycles. The highest BCUT2D eigenvalue weighted by Gasteiger charge is 2.28. The van der Waals surface area contributed by atoms with Gasteiger partial charge in [0.05, 0.1) is 5.56 Å². The Bertz CT molecular complexity index is 565. The summed E-state index contributed by atoms with van der Waals surface area (Å²) in [7, 11) is 0. The van der Waals surface area contributed by atoms with Crippen molar-refractivity contribution in [3.05, 3.63) is 35.4 Å². The van der Waals surface area contributed by atoms with Gasteiger partial charge in [0, 0.05) is 6.04 Å². The van der Waals surface area contributed by atoms with E-state index in [1.165, 1.54) is 12.0 Å². The topological polar surface area (TPSA) is 55.4 Å². The summed E-state index contributed by atoms with van der Waals surface area (Å²) in [4.78, 5) is 24.1. The second kappa shape index (κ2) is 8.32. The molecule has 1 aliphatic rings. The van der Waals surface area contributed by atoms with Crippen LogP contribution >= 0.6 is 0 Å². The van der Waals surface area contributed by atoms with Gasteiger partial charge in [-0.2, -0.15) is 0 Å². The monoisotopic (exact) mass is 331 g/mol. The van der Waals surface area contributed by atoms with Crippen LogP contribution in [0.2, 0.25) is 0 Å². The summed E-state index contributed by atoms with van der Waals surface area (Å²) in [6.45, 7) is 8.39. The normalized spacial score (nSPS) is 23.8. The number of carbonyl (C=O) groups excluding carboxylic acids is 2. The van der Waals surface area contributed by atoms with E-state index in [0.29, 0.717) is 23.3 Å². The first-order valence-corrected chi connectivity index (χ1v) is 8.95. The predicted molar refractivity (Wildman–Crippen MR) is 94.9 cm³/mol. The van der Waals surface area contributed by atoms with E-state index in [-0.39, 0.29) is 18.6 Å². The number of hydrogen-bond donors (Lipinski definition) is 1. The third-order valence-electron chi connectivity index (χ3n) is 5.20. The Kier molecular flexibility index (Phi) is 6.41. The first kappa shape index (κ1) is 18.5. The molecule has 24 heavy (non-hydrogen) atoms. The second-order valence-electron chi connectivity index (χ2n) is 7.29. The molecule has 0 heterocycles. The molecule has 0 aliphatic heterocycles. The molecule has 0 aromatic heterocycles. The molecule has 0 radical (unpaired) electrons. The van der Waals surface area contributed by atoms with Crippen LogP contribution in [0.15, 0.2) is 24.3 Å². The van der Waals surface area contributed by atoms with Gasteiger partial charge in [-0.15, -0.1) is 0 Å². The molecule has 2 rings (SSSR count). The van der Waals surface area contributed by atoms with Gasteiger partial charge in [-0.25, -0.2) is 4.79 Å². The molecule has 4 nitrogen and oxygen atoms in total. The fourth-order valence-corrected chi connectivity index (χ4v) is 3.25. The number of amides is 1. The number of ether oxygens (including phenoxy) is 1. The summed E-state index contributed by atoms with van der Waals surface area (Å²) in [5, 5.41) is 3.01. The van der Waals surface area contributed by atoms with E-state index in [9.17, 15) is 9.59 Å². The molecular weight excluding hydrogens is 302 g/mol. The van der Waals surface area contributed by atoms with Crippen LogP contribution in [-0.2, 0) is 9.53 Å². The van der Waals surface area contributed by atoms with E-state index in [2.05, 4.69) is 33.0 Å². The lowest BCUT2D eigenvalue weighted by atomic mass is 9.78. The molecular formula is C20H29NO3. The minimum Gasteiger partial charge on any atom is -0.452 e. The Morgan fingerprint density at radius 1 is 1.17 bits per heavy atom. The summed E-state index contributed by atoms with van der Waals surface area (Å²) in [6.07, 6.45) is 3.36. The van der Waals surface area contributed by atoms with Crippen LogP contribution in [0.4, 0.5) is 0 Å². The fourth-order valence-electron chi connectivity index (χ4n) is 3.25. The lowest BCUT2D eigenvalue weighted by molar-refractivity contribution is -0.125. The summed E-state index contributed by atoms with van der Waals surface area (Å²) in [5.74, 6) is 0.826. The fraction of sp³-hybridized carbons (Fsp3) is 0.600. The summed E-state index contributed by atoms with van der Waals surface area (Å²) >= 11 is 0. The highest BCUT2D eigenvalue weighted by atomic mass is 16.5. The molecule has 0 spiro atoms. The van der Waals surface area contributed by atoms with E-state index >= 15 is 0 Å². The second-order valence-corrected chi connectivity index (χ2v) is 7.29. The van der Waals surface area contributed by atoms with Crippen molar-refractivity contribution in [1.29, 1.82) is 0 Å². The van der Waals surface area contributed by atoms with Crippen LogP contribution in [0.1, 0.15) is 68.8 Å². The molecule has 1 aliphatic carbocycles. The van der Waals surface area contributed by atoms with Gasteiger partial charge < -0.3 is 10.1 Å². The van der Waals surface area contributed by atoms with Gasteiger partial charge >= 0.3 is 5.97 Å². The van der Waals surface area contributed by atoms with Crippen molar-refractivity contribution in [1.82, 2.24) is 5.32 Å². The predicted octanol–water partition coefficient (Wildman–Crippen LogP) is 3.91. The highest BCUT2D eigenvalue weighted by molar-refractivity contribution is 5.91. The van der Waals surface area contributed by atoms with Crippen LogP contribution < -0.4 is 5.32 Å². The number of esters is 1. The zero-order valence-electron chi connectivity index (χ0n) is 15.2. The molecule has 3 atom stereocenters. The highest BCUT2D eigenvalue weighted by Crippen LogP contribution is 2.29. The number of hydrogen-bond acceptors (Lipinski definition) is 3. The van der Waals surface area contributed by atoms with Crippen molar-refractivity contribution < 1.29 is 14.3 Å². The molecule has 4 heteroatoms. The van der Waals surface area contributed by atoms with Crippen LogP contribution in [0.3, 0.4) is 0 Å². The van der Waals surface area contributed by atoms with Crippen molar-refractivity contribution in [2.24, 2.45) is 11.8 Å². The van der Waals surface area contributed by atoms with Gasteiger partial charge in [0.1, 0.15) is 0 Å². The van der Waals surface area contributed by atoms with Gasteiger partial charge in [0.2, 0.25) is 0 Å². The lowest BCUT2D eigenvalue weighted by Crippen LogP contribution is -2.45. The molecule has 1 amide bonds. The zero-order chi connectivity index (χ0) is 17.7. The Morgan fingerprint density at radius 2 is 1.83 bits per heavy atom. The molecule has 1 aromatic rings. The number of benzene rings is 1. The maximum atomic E-state index is 12.1. The SMILES string of the molecule is CC(C)c1ccc(C(=O)OCC(=O)N[C@@H]2CCC[C@@H](C)[C@@H]2C)cc1. The van der Waals surface area contributed by atoms with Crippen LogP contribution in [-0.4, -0.2) is 24.5 Å². The summed E-state index contributed by atoms with van der Waals surface area (Å²) < 4.78 is 5.14. The number of nitrogens with one attached hydrogen (secondary N) is 1. The molecule has 132 valence electrons. The number of rotatable bonds is 5. The third-order valence-corrected chi connectivity index (χ3v) is 5.20. The Labute approximate surface area is 145 Å². The largest absolute Gasteiger partial charge is 0.452 e. The molecule has 0 unspecified atom stereocenters. The minimum atomic E-state index is -0.453. The smallest absolute Gasteiger partial charge is 0.338 e. The lowest BCUT2D eigenvalue weighted by Gasteiger charge is -2.34. The van der Waals surface area contributed by atoms with Gasteiger partial charge in [0.15, 0.2) is 6.61 Å². The first-order chi connectivity index (χ1) is 11.4. The van der Waals surface area contributed by atoms with Gasteiger partial charge in [-0.3, -0.25) is 4.79 Å². The maximum absolute atomic E-state index is 12.1. The van der Waals surface area contributed by atoms with Crippen molar-refractivity contribution in [2.75, 3.05) is 6.61 Å². The van der Waals surface area contributed by atoms with E-state index in [1.807, 2.05) is 12.1 Å². The zero-order valence-corrected chi connectivity index (χ0v) is 15.2. The minimum absolute atomic E-state index is 0.185. The Hall–Kier alpha value is -1.84. The van der Waals surface area contributed by atoms with E-state index < -0.39 is 5.97 Å². The van der Waals surface area contributed by atoms with Crippen LogP contribution in [0.25, 0.3) is 0 Å². The molecule has 1 aromatic carbocycles. The van der Waals surface area contributed by atoms with E-state index in [1.54, 1.807) is 12.1 Å². The average molecular weight is 331 g/mol. The molecule has 1 N–H and O–H groups in total. The first-order valence-electron chi connectivity index (χ1n) is 8.95. The van der Waals surface area contributed by atoms with Gasteiger partial charge in [-0.05, 0) is 41.9 Å². The molecule has 1 saturated carbocycles. The van der Waals surface area contributed by atoms with Gasteiger partial charge in [-0.1, -0.05) is 52.7 Å². The Morgan fingerprint density at radius 3 is 2.46 bits per heavy atom. The maximum Gasteiger partial charge on any atom is 0.338 e. The van der Waals surface area contributed by atoms with Crippen molar-refractivity contribution in [2.45, 2.75) is 58.9 Å². The quantitative estimate of drug-likeness (QED) is 0.832. The van der Waals surface area contributed by atoms with E-state index in [4.69, 9.17) is 4.74 Å². The molecule has 0 bridgehead atoms. The van der Waals surface area contributed by atoms with Crippen LogP contribution in [0.5, 0.6) is 0 Å². The van der Waals surface area contributed by atoms with E-state index in [0.717, 1.165) is 12.8 Å². The molecule has 1 fully saturated rings. The van der Waals surface area contributed by atoms with Gasteiger partial charge in [0.25, 0.3) is 5.91 Å². The van der Waals surface area contributed by atoms with Crippen molar-refractivity contribution in [3.8, 4) is 0 Å². The number of carbonyl (C=O) groups is 2. The standard InChI is InChI=1S/C20H29NO3/c1-13(2)16-8-10-17(11-9-16)20(23)24-12-19(22)21-18-7-5-6-14(3)15(18)4/h8-11,13-15,18H,5-7,12H2,1-4H3,(H,21,22)/t14-,15+,18-/m1/s1. The Balaban J connectivity index is 1.81. The average Bonchev–Trinajstić information content (AvgIpc) is 2.57. The van der Waals surface area contributed by atoms with Crippen molar-refractivity contribution >= 4 is 11.9 Å². The van der Waals surface area contributed by atoms with Crippen molar-refractivity contribution in [3.63, 3.8) is 0 Å².